The zero-order valence-electron chi connectivity index (χ0n) is 13.5. The van der Waals surface area contributed by atoms with Crippen molar-refractivity contribution in [3.8, 4) is 0 Å². The van der Waals surface area contributed by atoms with Crippen LogP contribution in [0.25, 0.3) is 0 Å². The van der Waals surface area contributed by atoms with Crippen LogP contribution < -0.4 is 4.90 Å². The second-order valence-corrected chi connectivity index (χ2v) is 6.40. The van der Waals surface area contributed by atoms with E-state index in [1.54, 1.807) is 29.2 Å². The smallest absolute Gasteiger partial charge is 0.242 e. The standard InChI is InChI=1S/C17H21N3O4/c21-16(18-9-5-2-6-10-18)12-19(13-7-3-1-4-8-13)17(22)14-11-15(14)20(23)24/h1,3-4,7-8,14-15H,2,5-6,9-12H2/t14-,15+/m1/s1. The topological polar surface area (TPSA) is 83.8 Å². The van der Waals surface area contributed by atoms with E-state index >= 15 is 0 Å². The minimum atomic E-state index is -0.811. The van der Waals surface area contributed by atoms with E-state index in [1.165, 1.54) is 4.90 Å². The minimum Gasteiger partial charge on any atom is -0.341 e. The van der Waals surface area contributed by atoms with Crippen LogP contribution in [0.3, 0.4) is 0 Å². The molecule has 1 aliphatic carbocycles. The van der Waals surface area contributed by atoms with Crippen LogP contribution in [0.4, 0.5) is 5.69 Å². The molecule has 0 N–H and O–H groups in total. The van der Waals surface area contributed by atoms with Crippen molar-refractivity contribution in [1.82, 2.24) is 4.90 Å². The third-order valence-corrected chi connectivity index (χ3v) is 4.68. The van der Waals surface area contributed by atoms with Crippen LogP contribution in [0.15, 0.2) is 30.3 Å². The molecule has 2 amide bonds. The highest BCUT2D eigenvalue weighted by molar-refractivity contribution is 6.01. The summed E-state index contributed by atoms with van der Waals surface area (Å²) in [5, 5.41) is 10.9. The van der Waals surface area contributed by atoms with Gasteiger partial charge in [0, 0.05) is 30.1 Å². The number of rotatable bonds is 5. The molecule has 24 heavy (non-hydrogen) atoms. The van der Waals surface area contributed by atoms with Gasteiger partial charge in [0.05, 0.1) is 0 Å². The third-order valence-electron chi connectivity index (χ3n) is 4.68. The fourth-order valence-corrected chi connectivity index (χ4v) is 3.16. The maximum absolute atomic E-state index is 12.7. The van der Waals surface area contributed by atoms with Gasteiger partial charge in [0.15, 0.2) is 0 Å². The molecule has 2 aliphatic rings. The molecule has 1 heterocycles. The van der Waals surface area contributed by atoms with Crippen molar-refractivity contribution in [3.05, 3.63) is 40.4 Å². The Morgan fingerprint density at radius 1 is 1.17 bits per heavy atom. The first-order valence-corrected chi connectivity index (χ1v) is 8.35. The number of likely N-dealkylation sites (tertiary alicyclic amines) is 1. The lowest BCUT2D eigenvalue weighted by molar-refractivity contribution is -0.497. The molecule has 1 aromatic rings. The summed E-state index contributed by atoms with van der Waals surface area (Å²) in [5.41, 5.74) is 0.613. The Hall–Kier alpha value is -2.44. The predicted octanol–water partition coefficient (Wildman–Crippen LogP) is 1.70. The van der Waals surface area contributed by atoms with Crippen LogP contribution in [-0.2, 0) is 9.59 Å². The number of carbonyl (C=O) groups excluding carboxylic acids is 2. The van der Waals surface area contributed by atoms with Crippen molar-refractivity contribution in [2.24, 2.45) is 5.92 Å². The molecule has 1 saturated carbocycles. The zero-order valence-corrected chi connectivity index (χ0v) is 13.5. The maximum atomic E-state index is 12.7. The van der Waals surface area contributed by atoms with E-state index < -0.39 is 16.9 Å². The Morgan fingerprint density at radius 3 is 2.42 bits per heavy atom. The van der Waals surface area contributed by atoms with E-state index in [2.05, 4.69) is 0 Å². The second-order valence-electron chi connectivity index (χ2n) is 6.40. The molecule has 1 aromatic carbocycles. The number of benzene rings is 1. The molecular formula is C17H21N3O4. The molecule has 2 fully saturated rings. The quantitative estimate of drug-likeness (QED) is 0.607. The minimum absolute atomic E-state index is 0.0518. The van der Waals surface area contributed by atoms with Gasteiger partial charge in [0.1, 0.15) is 12.5 Å². The van der Waals surface area contributed by atoms with Gasteiger partial charge in [0.2, 0.25) is 17.9 Å². The average molecular weight is 331 g/mol. The van der Waals surface area contributed by atoms with E-state index in [9.17, 15) is 19.7 Å². The highest BCUT2D eigenvalue weighted by Crippen LogP contribution is 2.36. The molecule has 2 atom stereocenters. The van der Waals surface area contributed by atoms with Gasteiger partial charge < -0.3 is 9.80 Å². The molecule has 7 heteroatoms. The van der Waals surface area contributed by atoms with Gasteiger partial charge in [-0.2, -0.15) is 0 Å². The summed E-state index contributed by atoms with van der Waals surface area (Å²) in [6.07, 6.45) is 3.35. The zero-order chi connectivity index (χ0) is 17.1. The number of amides is 2. The molecule has 0 unspecified atom stereocenters. The van der Waals surface area contributed by atoms with Crippen LogP contribution in [0, 0.1) is 16.0 Å². The van der Waals surface area contributed by atoms with Gasteiger partial charge in [-0.3, -0.25) is 19.7 Å². The van der Waals surface area contributed by atoms with Gasteiger partial charge in [0.25, 0.3) is 0 Å². The summed E-state index contributed by atoms with van der Waals surface area (Å²) >= 11 is 0. The molecule has 7 nitrogen and oxygen atoms in total. The highest BCUT2D eigenvalue weighted by Gasteiger charge is 2.55. The maximum Gasteiger partial charge on any atom is 0.242 e. The van der Waals surface area contributed by atoms with Crippen LogP contribution in [0.2, 0.25) is 0 Å². The summed E-state index contributed by atoms with van der Waals surface area (Å²) in [5.74, 6) is -1.03. The molecule has 0 spiro atoms. The third kappa shape index (κ3) is 3.55. The highest BCUT2D eigenvalue weighted by atomic mass is 16.6. The fraction of sp³-hybridized carbons (Fsp3) is 0.529. The molecule has 0 aromatic heterocycles. The average Bonchev–Trinajstić information content (AvgIpc) is 3.41. The van der Waals surface area contributed by atoms with Crippen LogP contribution in [0.1, 0.15) is 25.7 Å². The van der Waals surface area contributed by atoms with E-state index in [4.69, 9.17) is 0 Å². The van der Waals surface area contributed by atoms with Crippen LogP contribution in [0.5, 0.6) is 0 Å². The van der Waals surface area contributed by atoms with Gasteiger partial charge in [-0.1, -0.05) is 18.2 Å². The van der Waals surface area contributed by atoms with Crippen molar-refractivity contribution < 1.29 is 14.5 Å². The Kier molecular flexibility index (Phi) is 4.78. The van der Waals surface area contributed by atoms with Crippen molar-refractivity contribution >= 4 is 17.5 Å². The number of para-hydroxylation sites is 1. The first-order valence-electron chi connectivity index (χ1n) is 8.35. The van der Waals surface area contributed by atoms with Crippen molar-refractivity contribution in [3.63, 3.8) is 0 Å². The number of anilines is 1. The molecule has 3 rings (SSSR count). The number of piperidine rings is 1. The molecule has 1 saturated heterocycles. The molecule has 0 bridgehead atoms. The SMILES string of the molecule is O=C(CN(C(=O)[C@@H]1C[C@@H]1[N+](=O)[O-])c1ccccc1)N1CCCCC1. The molecular weight excluding hydrogens is 310 g/mol. The Bertz CT molecular complexity index is 628. The van der Waals surface area contributed by atoms with E-state index in [-0.39, 0.29) is 24.8 Å². The lowest BCUT2D eigenvalue weighted by Gasteiger charge is -2.30. The van der Waals surface area contributed by atoms with E-state index in [0.29, 0.717) is 5.69 Å². The van der Waals surface area contributed by atoms with E-state index in [0.717, 1.165) is 32.4 Å². The number of hydrogen-bond acceptors (Lipinski definition) is 4. The summed E-state index contributed by atoms with van der Waals surface area (Å²) in [6.45, 7) is 1.39. The number of hydrogen-bond donors (Lipinski definition) is 0. The van der Waals surface area contributed by atoms with Crippen LogP contribution >= 0.6 is 0 Å². The largest absolute Gasteiger partial charge is 0.341 e. The summed E-state index contributed by atoms with van der Waals surface area (Å²) < 4.78 is 0. The summed E-state index contributed by atoms with van der Waals surface area (Å²) in [4.78, 5) is 38.9. The summed E-state index contributed by atoms with van der Waals surface area (Å²) in [7, 11) is 0. The number of nitro groups is 1. The van der Waals surface area contributed by atoms with Gasteiger partial charge in [-0.15, -0.1) is 0 Å². The monoisotopic (exact) mass is 331 g/mol. The number of nitrogens with zero attached hydrogens (tertiary/aromatic N) is 3. The lowest BCUT2D eigenvalue weighted by atomic mass is 10.1. The van der Waals surface area contributed by atoms with Crippen molar-refractivity contribution in [2.45, 2.75) is 31.7 Å². The lowest BCUT2D eigenvalue weighted by Crippen LogP contribution is -2.45. The normalized spacial score (nSPS) is 22.8. The Labute approximate surface area is 140 Å². The first kappa shape index (κ1) is 16.4. The van der Waals surface area contributed by atoms with Crippen LogP contribution in [-0.4, -0.2) is 47.3 Å². The predicted molar refractivity (Wildman–Crippen MR) is 88.1 cm³/mol. The Morgan fingerprint density at radius 2 is 1.83 bits per heavy atom. The van der Waals surface area contributed by atoms with Gasteiger partial charge in [-0.25, -0.2) is 0 Å². The second kappa shape index (κ2) is 6.98. The van der Waals surface area contributed by atoms with Crippen molar-refractivity contribution in [1.29, 1.82) is 0 Å². The molecule has 1 aliphatic heterocycles. The molecule has 0 radical (unpaired) electrons. The first-order chi connectivity index (χ1) is 11.6. The van der Waals surface area contributed by atoms with Gasteiger partial charge >= 0.3 is 0 Å². The number of carbonyl (C=O) groups is 2. The van der Waals surface area contributed by atoms with Gasteiger partial charge in [-0.05, 0) is 31.4 Å². The van der Waals surface area contributed by atoms with E-state index in [1.807, 2.05) is 6.07 Å². The molecule has 128 valence electrons. The Balaban J connectivity index is 1.74. The fourth-order valence-electron chi connectivity index (χ4n) is 3.16. The van der Waals surface area contributed by atoms with Crippen molar-refractivity contribution in [2.75, 3.05) is 24.5 Å². The summed E-state index contributed by atoms with van der Waals surface area (Å²) in [6, 6.07) is 8.11.